The average molecular weight is 297 g/mol. The Kier molecular flexibility index (Phi) is 3.94. The summed E-state index contributed by atoms with van der Waals surface area (Å²) in [4.78, 5) is 21.0. The van der Waals surface area contributed by atoms with Crippen LogP contribution in [0.1, 0.15) is 15.2 Å². The van der Waals surface area contributed by atoms with Crippen LogP contribution in [-0.2, 0) is 6.61 Å². The van der Waals surface area contributed by atoms with Gasteiger partial charge in [0.05, 0.1) is 11.0 Å². The van der Waals surface area contributed by atoms with E-state index in [4.69, 9.17) is 9.84 Å². The first kappa shape index (κ1) is 13.9. The third kappa shape index (κ3) is 2.91. The maximum atomic E-state index is 13.0. The van der Waals surface area contributed by atoms with Crippen LogP contribution in [-0.4, -0.2) is 16.0 Å². The summed E-state index contributed by atoms with van der Waals surface area (Å²) in [5.41, 5.74) is -0.0989. The maximum absolute atomic E-state index is 13.0. The number of benzene rings is 1. The number of hydrogen-bond acceptors (Lipinski definition) is 5. The zero-order chi connectivity index (χ0) is 14.7. The highest BCUT2D eigenvalue weighted by Gasteiger charge is 2.18. The highest BCUT2D eigenvalue weighted by atomic mass is 32.1. The van der Waals surface area contributed by atoms with Gasteiger partial charge in [-0.3, -0.25) is 10.1 Å². The zero-order valence-electron chi connectivity index (χ0n) is 9.91. The molecule has 8 heteroatoms. The topological polar surface area (TPSA) is 89.7 Å². The van der Waals surface area contributed by atoms with Crippen molar-refractivity contribution in [2.45, 2.75) is 6.61 Å². The molecule has 0 radical (unpaired) electrons. The number of nitro groups is 1. The van der Waals surface area contributed by atoms with E-state index in [1.54, 1.807) is 11.4 Å². The van der Waals surface area contributed by atoms with E-state index >= 15 is 0 Å². The summed E-state index contributed by atoms with van der Waals surface area (Å²) in [5.74, 6) is -1.95. The number of nitrogens with zero attached hydrogens (tertiary/aromatic N) is 1. The van der Waals surface area contributed by atoms with Gasteiger partial charge in [-0.05, 0) is 23.6 Å². The Morgan fingerprint density at radius 2 is 2.20 bits per heavy atom. The van der Waals surface area contributed by atoms with Gasteiger partial charge < -0.3 is 9.84 Å². The highest BCUT2D eigenvalue weighted by molar-refractivity contribution is 7.12. The van der Waals surface area contributed by atoms with Crippen molar-refractivity contribution in [3.63, 3.8) is 0 Å². The molecule has 0 saturated carbocycles. The van der Waals surface area contributed by atoms with Crippen LogP contribution in [0.15, 0.2) is 29.6 Å². The van der Waals surface area contributed by atoms with Gasteiger partial charge in [-0.15, -0.1) is 11.3 Å². The van der Waals surface area contributed by atoms with Crippen LogP contribution in [0, 0.1) is 15.9 Å². The number of halogens is 1. The van der Waals surface area contributed by atoms with E-state index in [9.17, 15) is 19.3 Å². The average Bonchev–Trinajstić information content (AvgIpc) is 2.85. The molecule has 0 atom stereocenters. The lowest BCUT2D eigenvalue weighted by molar-refractivity contribution is -0.386. The Morgan fingerprint density at radius 3 is 2.85 bits per heavy atom. The fourth-order valence-electron chi connectivity index (χ4n) is 1.55. The minimum atomic E-state index is -1.09. The number of nitro benzene ring substituents is 1. The van der Waals surface area contributed by atoms with Gasteiger partial charge in [-0.1, -0.05) is 0 Å². The molecule has 20 heavy (non-hydrogen) atoms. The quantitative estimate of drug-likeness (QED) is 0.676. The van der Waals surface area contributed by atoms with E-state index in [-0.39, 0.29) is 17.2 Å². The van der Waals surface area contributed by atoms with Gasteiger partial charge in [-0.2, -0.15) is 0 Å². The maximum Gasteiger partial charge on any atom is 0.346 e. The van der Waals surface area contributed by atoms with Crippen molar-refractivity contribution in [3.05, 3.63) is 56.0 Å². The number of aromatic carboxylic acids is 1. The monoisotopic (exact) mass is 297 g/mol. The van der Waals surface area contributed by atoms with E-state index in [0.29, 0.717) is 5.56 Å². The summed E-state index contributed by atoms with van der Waals surface area (Å²) in [6, 6.07) is 4.48. The summed E-state index contributed by atoms with van der Waals surface area (Å²) < 4.78 is 18.2. The van der Waals surface area contributed by atoms with E-state index in [1.165, 1.54) is 0 Å². The summed E-state index contributed by atoms with van der Waals surface area (Å²) in [6.07, 6.45) is 0. The lowest BCUT2D eigenvalue weighted by Crippen LogP contribution is -2.03. The molecular formula is C12H8FNO5S. The van der Waals surface area contributed by atoms with E-state index in [2.05, 4.69) is 0 Å². The Morgan fingerprint density at radius 1 is 1.45 bits per heavy atom. The molecule has 0 aliphatic heterocycles. The van der Waals surface area contributed by atoms with Crippen LogP contribution in [0.5, 0.6) is 5.75 Å². The summed E-state index contributed by atoms with van der Waals surface area (Å²) in [7, 11) is 0. The number of thiophene rings is 1. The molecule has 1 N–H and O–H groups in total. The SMILES string of the molecule is O=C(O)c1sccc1COc1ccc(F)cc1[N+](=O)[O-]. The predicted molar refractivity (Wildman–Crippen MR) is 68.7 cm³/mol. The second kappa shape index (κ2) is 5.66. The van der Waals surface area contributed by atoms with Crippen molar-refractivity contribution in [1.82, 2.24) is 0 Å². The molecule has 0 unspecified atom stereocenters. The largest absolute Gasteiger partial charge is 0.482 e. The van der Waals surface area contributed by atoms with Crippen LogP contribution in [0.3, 0.4) is 0 Å². The lowest BCUT2D eigenvalue weighted by Gasteiger charge is -2.06. The van der Waals surface area contributed by atoms with Crippen molar-refractivity contribution in [2.75, 3.05) is 0 Å². The molecule has 0 amide bonds. The molecule has 1 aromatic carbocycles. The number of carbonyl (C=O) groups is 1. The molecule has 0 fully saturated rings. The van der Waals surface area contributed by atoms with Crippen LogP contribution >= 0.6 is 11.3 Å². The Hall–Kier alpha value is -2.48. The molecule has 6 nitrogen and oxygen atoms in total. The molecule has 0 bridgehead atoms. The molecule has 2 rings (SSSR count). The van der Waals surface area contributed by atoms with Gasteiger partial charge in [0.1, 0.15) is 17.3 Å². The number of hydrogen-bond donors (Lipinski definition) is 1. The van der Waals surface area contributed by atoms with Crippen molar-refractivity contribution < 1.29 is 24.0 Å². The van der Waals surface area contributed by atoms with Crippen molar-refractivity contribution >= 4 is 23.0 Å². The molecule has 1 heterocycles. The Bertz CT molecular complexity index is 670. The van der Waals surface area contributed by atoms with Crippen LogP contribution in [0.2, 0.25) is 0 Å². The lowest BCUT2D eigenvalue weighted by atomic mass is 10.2. The first-order chi connectivity index (χ1) is 9.49. The van der Waals surface area contributed by atoms with Crippen molar-refractivity contribution in [1.29, 1.82) is 0 Å². The first-order valence-corrected chi connectivity index (χ1v) is 6.23. The van der Waals surface area contributed by atoms with Gasteiger partial charge in [0.25, 0.3) is 0 Å². The number of carboxylic acid groups (broad SMARTS) is 1. The fourth-order valence-corrected chi connectivity index (χ4v) is 2.30. The van der Waals surface area contributed by atoms with Crippen LogP contribution < -0.4 is 4.74 Å². The van der Waals surface area contributed by atoms with Gasteiger partial charge in [0, 0.05) is 5.56 Å². The zero-order valence-corrected chi connectivity index (χ0v) is 10.7. The Labute approximate surface area is 116 Å². The molecule has 1 aromatic heterocycles. The normalized spacial score (nSPS) is 10.2. The molecule has 0 saturated heterocycles. The minimum Gasteiger partial charge on any atom is -0.482 e. The summed E-state index contributed by atoms with van der Waals surface area (Å²) in [6.45, 7) is -0.141. The molecule has 0 aliphatic carbocycles. The number of ether oxygens (including phenoxy) is 1. The van der Waals surface area contributed by atoms with Gasteiger partial charge >= 0.3 is 11.7 Å². The third-order valence-corrected chi connectivity index (χ3v) is 3.39. The number of rotatable bonds is 5. The smallest absolute Gasteiger partial charge is 0.346 e. The minimum absolute atomic E-state index is 0.106. The highest BCUT2D eigenvalue weighted by Crippen LogP contribution is 2.29. The van der Waals surface area contributed by atoms with E-state index in [1.807, 2.05) is 0 Å². The second-order valence-electron chi connectivity index (χ2n) is 3.74. The van der Waals surface area contributed by atoms with Gasteiger partial charge in [-0.25, -0.2) is 9.18 Å². The molecule has 2 aromatic rings. The third-order valence-electron chi connectivity index (χ3n) is 2.44. The van der Waals surface area contributed by atoms with E-state index in [0.717, 1.165) is 29.5 Å². The van der Waals surface area contributed by atoms with Crippen molar-refractivity contribution in [3.8, 4) is 5.75 Å². The van der Waals surface area contributed by atoms with Gasteiger partial charge in [0.15, 0.2) is 5.75 Å². The second-order valence-corrected chi connectivity index (χ2v) is 4.65. The Balaban J connectivity index is 2.21. The summed E-state index contributed by atoms with van der Waals surface area (Å²) >= 11 is 1.03. The summed E-state index contributed by atoms with van der Waals surface area (Å²) in [5, 5.41) is 21.3. The fraction of sp³-hybridized carbons (Fsp3) is 0.0833. The predicted octanol–water partition coefficient (Wildman–Crippen LogP) is 3.07. The molecule has 0 spiro atoms. The van der Waals surface area contributed by atoms with E-state index < -0.39 is 22.4 Å². The standard InChI is InChI=1S/C12H8FNO5S/c13-8-1-2-10(9(5-8)14(17)18)19-6-7-3-4-20-11(7)12(15)16/h1-5H,6H2,(H,15,16). The van der Waals surface area contributed by atoms with Gasteiger partial charge in [0.2, 0.25) is 0 Å². The number of carboxylic acids is 1. The van der Waals surface area contributed by atoms with Crippen LogP contribution in [0.4, 0.5) is 10.1 Å². The molecular weight excluding hydrogens is 289 g/mol. The molecule has 0 aliphatic rings. The first-order valence-electron chi connectivity index (χ1n) is 5.35. The molecule has 104 valence electrons. The van der Waals surface area contributed by atoms with Crippen molar-refractivity contribution in [2.24, 2.45) is 0 Å². The van der Waals surface area contributed by atoms with Crippen LogP contribution in [0.25, 0.3) is 0 Å².